The molecule has 0 amide bonds. The monoisotopic (exact) mass is 278 g/mol. The van der Waals surface area contributed by atoms with Crippen LogP contribution in [0.4, 0.5) is 0 Å². The fourth-order valence-electron chi connectivity index (χ4n) is 3.19. The van der Waals surface area contributed by atoms with Gasteiger partial charge in [0.15, 0.2) is 0 Å². The molecular formula is C17H18N4. The first-order valence-electron chi connectivity index (χ1n) is 7.59. The summed E-state index contributed by atoms with van der Waals surface area (Å²) in [7, 11) is 0. The first kappa shape index (κ1) is 12.6. The molecule has 2 aromatic rings. The Morgan fingerprint density at radius 2 is 2.24 bits per heavy atom. The molecular weight excluding hydrogens is 260 g/mol. The number of aromatic nitrogens is 2. The molecule has 1 aromatic heterocycles. The van der Waals surface area contributed by atoms with Gasteiger partial charge >= 0.3 is 0 Å². The van der Waals surface area contributed by atoms with Crippen molar-refractivity contribution in [3.05, 3.63) is 53.1 Å². The summed E-state index contributed by atoms with van der Waals surface area (Å²) in [6, 6.07) is 10.8. The molecule has 4 heteroatoms. The van der Waals surface area contributed by atoms with E-state index in [1.54, 1.807) is 0 Å². The summed E-state index contributed by atoms with van der Waals surface area (Å²) >= 11 is 0. The third-order valence-corrected chi connectivity index (χ3v) is 4.42. The highest BCUT2D eigenvalue weighted by atomic mass is 15.2. The van der Waals surface area contributed by atoms with Gasteiger partial charge in [0.05, 0.1) is 23.7 Å². The van der Waals surface area contributed by atoms with Crippen LogP contribution in [0.3, 0.4) is 0 Å². The third-order valence-electron chi connectivity index (χ3n) is 4.42. The predicted octanol–water partition coefficient (Wildman–Crippen LogP) is 2.65. The van der Waals surface area contributed by atoms with Crippen LogP contribution < -0.4 is 0 Å². The van der Waals surface area contributed by atoms with E-state index < -0.39 is 0 Å². The number of benzene rings is 1. The zero-order chi connectivity index (χ0) is 14.2. The first-order chi connectivity index (χ1) is 10.3. The van der Waals surface area contributed by atoms with Crippen LogP contribution in [0.1, 0.15) is 41.4 Å². The van der Waals surface area contributed by atoms with Crippen LogP contribution >= 0.6 is 0 Å². The predicted molar refractivity (Wildman–Crippen MR) is 79.5 cm³/mol. The molecule has 21 heavy (non-hydrogen) atoms. The van der Waals surface area contributed by atoms with Crippen LogP contribution in [-0.4, -0.2) is 21.0 Å². The van der Waals surface area contributed by atoms with E-state index in [1.807, 2.05) is 24.5 Å². The van der Waals surface area contributed by atoms with Gasteiger partial charge in [0.1, 0.15) is 0 Å². The Kier molecular flexibility index (Phi) is 3.01. The maximum Gasteiger partial charge on any atom is 0.0991 e. The van der Waals surface area contributed by atoms with E-state index in [0.29, 0.717) is 0 Å². The average Bonchev–Trinajstić information content (AvgIpc) is 3.27. The molecule has 0 radical (unpaired) electrons. The minimum absolute atomic E-state index is 0.722. The minimum Gasteiger partial charge on any atom is -0.331 e. The Morgan fingerprint density at radius 3 is 3.05 bits per heavy atom. The van der Waals surface area contributed by atoms with E-state index in [0.717, 1.165) is 37.7 Å². The molecule has 0 saturated heterocycles. The van der Waals surface area contributed by atoms with E-state index in [-0.39, 0.29) is 0 Å². The second-order valence-corrected chi connectivity index (χ2v) is 6.05. The molecule has 1 aliphatic heterocycles. The number of imidazole rings is 1. The quantitative estimate of drug-likeness (QED) is 0.867. The average molecular weight is 278 g/mol. The van der Waals surface area contributed by atoms with E-state index in [4.69, 9.17) is 5.26 Å². The lowest BCUT2D eigenvalue weighted by Crippen LogP contribution is -2.30. The number of nitrogens with zero attached hydrogens (tertiary/aromatic N) is 4. The summed E-state index contributed by atoms with van der Waals surface area (Å²) in [4.78, 5) is 7.03. The lowest BCUT2D eigenvalue weighted by Gasteiger charge is -2.27. The molecule has 4 nitrogen and oxygen atoms in total. The molecule has 0 atom stereocenters. The highest BCUT2D eigenvalue weighted by Crippen LogP contribution is 2.37. The zero-order valence-electron chi connectivity index (χ0n) is 12.0. The van der Waals surface area contributed by atoms with Crippen molar-refractivity contribution in [3.8, 4) is 6.07 Å². The van der Waals surface area contributed by atoms with Crippen molar-refractivity contribution in [2.24, 2.45) is 0 Å². The van der Waals surface area contributed by atoms with Gasteiger partial charge in [-0.1, -0.05) is 12.1 Å². The molecule has 2 aliphatic rings. The van der Waals surface area contributed by atoms with Gasteiger partial charge in [0.2, 0.25) is 0 Å². The number of fused-ring (bicyclic) bond motifs is 1. The molecule has 0 unspecified atom stereocenters. The SMILES string of the molecule is N#Cc1cccc(CN2CCc3c(ncn3C3CC3)C2)c1. The van der Waals surface area contributed by atoms with Gasteiger partial charge in [-0.05, 0) is 30.5 Å². The molecule has 1 aromatic carbocycles. The van der Waals surface area contributed by atoms with Crippen molar-refractivity contribution in [1.82, 2.24) is 14.5 Å². The fourth-order valence-corrected chi connectivity index (χ4v) is 3.19. The molecule has 106 valence electrons. The van der Waals surface area contributed by atoms with Crippen molar-refractivity contribution in [3.63, 3.8) is 0 Å². The standard InChI is InChI=1S/C17H18N4/c18-9-13-2-1-3-14(8-13)10-20-7-6-17-16(11-20)19-12-21(17)15-4-5-15/h1-3,8,12,15H,4-7,10-11H2. The van der Waals surface area contributed by atoms with E-state index in [1.165, 1.54) is 29.8 Å². The lowest BCUT2D eigenvalue weighted by molar-refractivity contribution is 0.239. The lowest BCUT2D eigenvalue weighted by atomic mass is 10.1. The highest BCUT2D eigenvalue weighted by molar-refractivity contribution is 5.32. The Labute approximate surface area is 124 Å². The second-order valence-electron chi connectivity index (χ2n) is 6.05. The van der Waals surface area contributed by atoms with Crippen LogP contribution in [0.15, 0.2) is 30.6 Å². The normalized spacial score (nSPS) is 18.2. The topological polar surface area (TPSA) is 44.9 Å². The molecule has 2 heterocycles. The number of nitriles is 1. The largest absolute Gasteiger partial charge is 0.331 e. The third kappa shape index (κ3) is 2.45. The number of hydrogen-bond acceptors (Lipinski definition) is 3. The van der Waals surface area contributed by atoms with Crippen molar-refractivity contribution < 1.29 is 0 Å². The van der Waals surface area contributed by atoms with Crippen LogP contribution in [0.5, 0.6) is 0 Å². The van der Waals surface area contributed by atoms with Gasteiger partial charge in [-0.3, -0.25) is 4.90 Å². The Balaban J connectivity index is 1.49. The van der Waals surface area contributed by atoms with Gasteiger partial charge in [0, 0.05) is 37.8 Å². The van der Waals surface area contributed by atoms with E-state index in [9.17, 15) is 0 Å². The summed E-state index contributed by atoms with van der Waals surface area (Å²) < 4.78 is 2.39. The molecule has 1 aliphatic carbocycles. The van der Waals surface area contributed by atoms with Crippen molar-refractivity contribution in [1.29, 1.82) is 5.26 Å². The summed E-state index contributed by atoms with van der Waals surface area (Å²) in [5.41, 5.74) is 4.63. The minimum atomic E-state index is 0.722. The van der Waals surface area contributed by atoms with Crippen LogP contribution in [0.25, 0.3) is 0 Å². The molecule has 4 rings (SSSR count). The van der Waals surface area contributed by atoms with Crippen molar-refractivity contribution in [2.45, 2.75) is 38.4 Å². The smallest absolute Gasteiger partial charge is 0.0991 e. The Morgan fingerprint density at radius 1 is 1.33 bits per heavy atom. The van der Waals surface area contributed by atoms with Gasteiger partial charge in [-0.2, -0.15) is 5.26 Å². The maximum atomic E-state index is 8.98. The van der Waals surface area contributed by atoms with Crippen LogP contribution in [0.2, 0.25) is 0 Å². The summed E-state index contributed by atoms with van der Waals surface area (Å²) in [5, 5.41) is 8.98. The number of hydrogen-bond donors (Lipinski definition) is 0. The van der Waals surface area contributed by atoms with Gasteiger partial charge < -0.3 is 4.57 Å². The number of rotatable bonds is 3. The maximum absolute atomic E-state index is 8.98. The van der Waals surface area contributed by atoms with Crippen LogP contribution in [-0.2, 0) is 19.5 Å². The molecule has 1 saturated carbocycles. The van der Waals surface area contributed by atoms with Crippen molar-refractivity contribution in [2.75, 3.05) is 6.54 Å². The van der Waals surface area contributed by atoms with E-state index >= 15 is 0 Å². The molecule has 0 N–H and O–H groups in total. The van der Waals surface area contributed by atoms with E-state index in [2.05, 4.69) is 26.6 Å². The summed E-state index contributed by atoms with van der Waals surface area (Å²) in [6.45, 7) is 2.89. The summed E-state index contributed by atoms with van der Waals surface area (Å²) in [5.74, 6) is 0. The van der Waals surface area contributed by atoms with Crippen LogP contribution in [0, 0.1) is 11.3 Å². The van der Waals surface area contributed by atoms with Crippen molar-refractivity contribution >= 4 is 0 Å². The Hall–Kier alpha value is -2.12. The second kappa shape index (κ2) is 5.01. The van der Waals surface area contributed by atoms with Gasteiger partial charge in [-0.15, -0.1) is 0 Å². The summed E-state index contributed by atoms with van der Waals surface area (Å²) in [6.07, 6.45) is 5.74. The fraction of sp³-hybridized carbons (Fsp3) is 0.412. The highest BCUT2D eigenvalue weighted by Gasteiger charge is 2.29. The molecule has 0 spiro atoms. The molecule has 0 bridgehead atoms. The van der Waals surface area contributed by atoms with Gasteiger partial charge in [0.25, 0.3) is 0 Å². The van der Waals surface area contributed by atoms with Gasteiger partial charge in [-0.25, -0.2) is 4.98 Å². The first-order valence-corrected chi connectivity index (χ1v) is 7.59. The zero-order valence-corrected chi connectivity index (χ0v) is 12.0. The Bertz CT molecular complexity index is 706. The molecule has 1 fully saturated rings.